The van der Waals surface area contributed by atoms with Crippen LogP contribution in [0.15, 0.2) is 42.6 Å². The second-order valence-electron chi connectivity index (χ2n) is 9.99. The van der Waals surface area contributed by atoms with Gasteiger partial charge in [-0.1, -0.05) is 24.0 Å². The molecule has 9 nitrogen and oxygen atoms in total. The Hall–Kier alpha value is -4.04. The molecule has 1 aromatic carbocycles. The van der Waals surface area contributed by atoms with Crippen molar-refractivity contribution < 1.29 is 18.4 Å². The second kappa shape index (κ2) is 14.9. The summed E-state index contributed by atoms with van der Waals surface area (Å²) in [5, 5.41) is 9.04. The minimum Gasteiger partial charge on any atom is -0.369 e. The number of hydrogen-bond donors (Lipinski definition) is 3. The zero-order chi connectivity index (χ0) is 29.1. The summed E-state index contributed by atoms with van der Waals surface area (Å²) in [7, 11) is 5.43. The molecule has 0 aliphatic heterocycles. The summed E-state index contributed by atoms with van der Waals surface area (Å²) in [6, 6.07) is 5.34. The molecule has 0 spiro atoms. The van der Waals surface area contributed by atoms with E-state index in [0.29, 0.717) is 49.4 Å². The van der Waals surface area contributed by atoms with Crippen LogP contribution in [0.2, 0.25) is 0 Å². The third-order valence-corrected chi connectivity index (χ3v) is 6.41. The molecule has 3 N–H and O–H groups in total. The molecule has 40 heavy (non-hydrogen) atoms. The first kappa shape index (κ1) is 30.5. The summed E-state index contributed by atoms with van der Waals surface area (Å²) in [6.07, 6.45) is 6.51. The van der Waals surface area contributed by atoms with Gasteiger partial charge in [0.1, 0.15) is 17.7 Å². The molecule has 2 aromatic rings. The summed E-state index contributed by atoms with van der Waals surface area (Å²) in [5.74, 6) is 6.30. The Labute approximate surface area is 234 Å². The zero-order valence-corrected chi connectivity index (χ0v) is 23.4. The number of rotatable bonds is 12. The van der Waals surface area contributed by atoms with Crippen molar-refractivity contribution in [3.8, 4) is 11.8 Å². The molecule has 3 rings (SSSR count). The summed E-state index contributed by atoms with van der Waals surface area (Å²) >= 11 is 0. The van der Waals surface area contributed by atoms with Crippen molar-refractivity contribution in [1.29, 1.82) is 0 Å². The Morgan fingerprint density at radius 2 is 2.02 bits per heavy atom. The minimum atomic E-state index is -0.601. The van der Waals surface area contributed by atoms with Crippen LogP contribution < -0.4 is 16.0 Å². The summed E-state index contributed by atoms with van der Waals surface area (Å²) in [5.41, 5.74) is 1.06. The highest BCUT2D eigenvalue weighted by Gasteiger charge is 2.31. The predicted molar refractivity (Wildman–Crippen MR) is 152 cm³/mol. The number of nitrogens with zero attached hydrogens (tertiary/aromatic N) is 4. The van der Waals surface area contributed by atoms with Crippen LogP contribution in [-0.4, -0.2) is 84.6 Å². The first-order valence-electron chi connectivity index (χ1n) is 13.3. The van der Waals surface area contributed by atoms with Gasteiger partial charge in [0.2, 0.25) is 17.8 Å². The van der Waals surface area contributed by atoms with Crippen molar-refractivity contribution in [3.63, 3.8) is 0 Å². The SMILES string of the molecule is C[C@@H](C(=O)N[C@H]1C[C@@H](C#Cc2cnc(Nc3cccc(F)c3)nc2NCCCF)C1)N(C)C(=O)/C=C/CN(C)C. The average molecular weight is 554 g/mol. The highest BCUT2D eigenvalue weighted by Crippen LogP contribution is 2.27. The molecule has 214 valence electrons. The number of carbonyl (C=O) groups is 2. The third-order valence-electron chi connectivity index (χ3n) is 6.41. The lowest BCUT2D eigenvalue weighted by atomic mass is 9.80. The molecule has 1 aliphatic carbocycles. The Bertz CT molecular complexity index is 1250. The Balaban J connectivity index is 1.55. The highest BCUT2D eigenvalue weighted by molar-refractivity contribution is 5.92. The number of hydrogen-bond acceptors (Lipinski definition) is 7. The van der Waals surface area contributed by atoms with Crippen molar-refractivity contribution in [2.75, 3.05) is 51.5 Å². The van der Waals surface area contributed by atoms with Crippen molar-refractivity contribution >= 4 is 29.3 Å². The monoisotopic (exact) mass is 553 g/mol. The van der Waals surface area contributed by atoms with Gasteiger partial charge in [0.05, 0.1) is 18.4 Å². The summed E-state index contributed by atoms with van der Waals surface area (Å²) in [4.78, 5) is 37.1. The van der Waals surface area contributed by atoms with E-state index in [4.69, 9.17) is 0 Å². The maximum Gasteiger partial charge on any atom is 0.246 e. The predicted octanol–water partition coefficient (Wildman–Crippen LogP) is 3.34. The first-order chi connectivity index (χ1) is 19.2. The van der Waals surface area contributed by atoms with Gasteiger partial charge in [-0.15, -0.1) is 0 Å². The number of halogens is 2. The van der Waals surface area contributed by atoms with Gasteiger partial charge in [0.15, 0.2) is 0 Å². The molecule has 1 aliphatic rings. The zero-order valence-electron chi connectivity index (χ0n) is 23.4. The van der Waals surface area contributed by atoms with Gasteiger partial charge in [-0.2, -0.15) is 4.98 Å². The Morgan fingerprint density at radius 1 is 1.25 bits per heavy atom. The van der Waals surface area contributed by atoms with Crippen LogP contribution in [0, 0.1) is 23.6 Å². The lowest BCUT2D eigenvalue weighted by Crippen LogP contribution is -2.51. The molecule has 0 saturated heterocycles. The van der Waals surface area contributed by atoms with Crippen LogP contribution >= 0.6 is 0 Å². The summed E-state index contributed by atoms with van der Waals surface area (Å²) in [6.45, 7) is 2.26. The van der Waals surface area contributed by atoms with Crippen molar-refractivity contribution in [2.45, 2.75) is 38.3 Å². The molecule has 1 heterocycles. The van der Waals surface area contributed by atoms with Gasteiger partial charge in [-0.25, -0.2) is 9.37 Å². The van der Waals surface area contributed by atoms with E-state index in [1.54, 1.807) is 38.4 Å². The number of alkyl halides is 1. The van der Waals surface area contributed by atoms with Gasteiger partial charge < -0.3 is 25.8 Å². The molecule has 0 radical (unpaired) electrons. The second-order valence-corrected chi connectivity index (χ2v) is 9.99. The number of likely N-dealkylation sites (N-methyl/N-ethyl adjacent to an activating group) is 2. The van der Waals surface area contributed by atoms with E-state index < -0.39 is 12.7 Å². The molecular formula is C29H37F2N7O2. The fraction of sp³-hybridized carbons (Fsp3) is 0.448. The van der Waals surface area contributed by atoms with E-state index in [0.717, 1.165) is 0 Å². The molecule has 1 atom stereocenters. The van der Waals surface area contributed by atoms with Gasteiger partial charge in [0.25, 0.3) is 0 Å². The van der Waals surface area contributed by atoms with Crippen LogP contribution in [0.5, 0.6) is 0 Å². The molecule has 1 saturated carbocycles. The number of carbonyl (C=O) groups excluding carboxylic acids is 2. The molecule has 11 heteroatoms. The number of anilines is 3. The van der Waals surface area contributed by atoms with E-state index in [1.165, 1.54) is 23.1 Å². The molecule has 1 aromatic heterocycles. The number of benzene rings is 1. The fourth-order valence-corrected chi connectivity index (χ4v) is 3.84. The quantitative estimate of drug-likeness (QED) is 0.211. The number of aromatic nitrogens is 2. The van der Waals surface area contributed by atoms with E-state index >= 15 is 0 Å². The average Bonchev–Trinajstić information content (AvgIpc) is 2.89. The third kappa shape index (κ3) is 9.31. The van der Waals surface area contributed by atoms with Gasteiger partial charge >= 0.3 is 0 Å². The number of amides is 2. The van der Waals surface area contributed by atoms with Gasteiger partial charge in [0, 0.05) is 43.9 Å². The van der Waals surface area contributed by atoms with E-state index in [9.17, 15) is 18.4 Å². The van der Waals surface area contributed by atoms with E-state index in [-0.39, 0.29) is 35.5 Å². The van der Waals surface area contributed by atoms with E-state index in [2.05, 4.69) is 37.8 Å². The van der Waals surface area contributed by atoms with Crippen molar-refractivity contribution in [2.24, 2.45) is 5.92 Å². The van der Waals surface area contributed by atoms with Crippen LogP contribution in [0.25, 0.3) is 0 Å². The normalized spacial score (nSPS) is 17.0. The van der Waals surface area contributed by atoms with Crippen LogP contribution in [0.3, 0.4) is 0 Å². The van der Waals surface area contributed by atoms with Crippen molar-refractivity contribution in [1.82, 2.24) is 25.1 Å². The van der Waals surface area contributed by atoms with Gasteiger partial charge in [-0.05, 0) is 58.5 Å². The highest BCUT2D eigenvalue weighted by atomic mass is 19.1. The largest absolute Gasteiger partial charge is 0.369 e. The standard InChI is InChI=1S/C29H37F2N7O2/c1-20(38(4)26(39)10-6-15-37(2)3)28(40)34-25-16-21(17-25)11-12-22-19-33-29(36-27(22)32-14-7-13-30)35-24-9-5-8-23(31)18-24/h5-6,8-10,18-21,25H,7,13-17H2,1-4H3,(H,34,40)(H2,32,33,35,36)/b10-6+/t20-,21-,25+/m0/s1. The molecular weight excluding hydrogens is 516 g/mol. The van der Waals surface area contributed by atoms with Crippen LogP contribution in [0.4, 0.5) is 26.2 Å². The fourth-order valence-electron chi connectivity index (χ4n) is 3.84. The topological polar surface area (TPSA) is 102 Å². The van der Waals surface area contributed by atoms with Crippen molar-refractivity contribution in [3.05, 3.63) is 54.0 Å². The van der Waals surface area contributed by atoms with Crippen LogP contribution in [-0.2, 0) is 9.59 Å². The minimum absolute atomic E-state index is 0.0155. The summed E-state index contributed by atoms with van der Waals surface area (Å²) < 4.78 is 26.2. The molecule has 0 bridgehead atoms. The lowest BCUT2D eigenvalue weighted by molar-refractivity contribution is -0.135. The molecule has 2 amide bonds. The molecule has 0 unspecified atom stereocenters. The maximum atomic E-state index is 13.5. The Kier molecular flexibility index (Phi) is 11.4. The smallest absolute Gasteiger partial charge is 0.246 e. The lowest BCUT2D eigenvalue weighted by Gasteiger charge is -2.34. The van der Waals surface area contributed by atoms with Gasteiger partial charge in [-0.3, -0.25) is 14.0 Å². The maximum absolute atomic E-state index is 13.5. The van der Waals surface area contributed by atoms with Crippen LogP contribution in [0.1, 0.15) is 31.7 Å². The Morgan fingerprint density at radius 3 is 2.73 bits per heavy atom. The first-order valence-corrected chi connectivity index (χ1v) is 13.3. The van der Waals surface area contributed by atoms with E-state index in [1.807, 2.05) is 19.0 Å². The molecule has 1 fully saturated rings. The number of nitrogens with one attached hydrogen (secondary N) is 3.